The van der Waals surface area contributed by atoms with Crippen LogP contribution in [0.1, 0.15) is 0 Å². The van der Waals surface area contributed by atoms with Crippen molar-refractivity contribution in [2.24, 2.45) is 0 Å². The average molecular weight is 506 g/mol. The third kappa shape index (κ3) is 2.45. The van der Waals surface area contributed by atoms with Crippen molar-refractivity contribution in [1.82, 2.24) is 15.0 Å². The number of pyridine rings is 1. The molecule has 4 rings (SSSR count). The fourth-order valence-electron chi connectivity index (χ4n) is 2.24. The molecule has 2 N–H and O–H groups in total. The first kappa shape index (κ1) is 15.2. The molecule has 0 spiro atoms. The molecule has 0 atom stereocenters. The van der Waals surface area contributed by atoms with Gasteiger partial charge in [0.1, 0.15) is 17.1 Å². The Balaban J connectivity index is 0.00000144. The molecule has 105 valence electrons. The Labute approximate surface area is 159 Å². The number of phenols is 1. The van der Waals surface area contributed by atoms with Crippen LogP contribution >= 0.6 is 0 Å². The van der Waals surface area contributed by atoms with E-state index in [2.05, 4.69) is 15.0 Å². The van der Waals surface area contributed by atoms with Crippen molar-refractivity contribution in [3.05, 3.63) is 52.9 Å². The van der Waals surface area contributed by atoms with Crippen molar-refractivity contribution >= 4 is 22.2 Å². The Morgan fingerprint density at radius 1 is 1.14 bits per heavy atom. The molecule has 1 radical (unpaired) electrons. The number of aromatic amines is 1. The van der Waals surface area contributed by atoms with Gasteiger partial charge >= 0.3 is 0 Å². The number of fused-ring (bicyclic) bond motifs is 3. The number of hydrogen-bond acceptors (Lipinski definition) is 5. The number of H-pyrrole nitrogens is 1. The van der Waals surface area contributed by atoms with Crippen LogP contribution in [0.15, 0.2) is 51.8 Å². The standard InChI is InChI=1S/C15H9N3O3.Ac/c19-9-5-3-8(4-6-9)13-17-11-10-2-1-7-16-15(10)21-12(11)14(20)18-13;/h1-7,19H,(H,17,18,20);. The molecule has 0 saturated carbocycles. The summed E-state index contributed by atoms with van der Waals surface area (Å²) >= 11 is 0. The minimum Gasteiger partial charge on any atom is -0.508 e. The maximum absolute atomic E-state index is 12.1. The first-order valence-electron chi connectivity index (χ1n) is 6.29. The number of furan rings is 1. The van der Waals surface area contributed by atoms with Crippen molar-refractivity contribution in [1.29, 1.82) is 0 Å². The van der Waals surface area contributed by atoms with E-state index >= 15 is 0 Å². The molecular weight excluding hydrogens is 497 g/mol. The number of nitrogens with zero attached hydrogens (tertiary/aromatic N) is 2. The van der Waals surface area contributed by atoms with Gasteiger partial charge in [0.05, 0.1) is 5.39 Å². The van der Waals surface area contributed by atoms with Crippen molar-refractivity contribution in [2.75, 3.05) is 0 Å². The van der Waals surface area contributed by atoms with Crippen LogP contribution in [0.4, 0.5) is 0 Å². The summed E-state index contributed by atoms with van der Waals surface area (Å²) in [4.78, 5) is 23.4. The van der Waals surface area contributed by atoms with Crippen LogP contribution in [0.3, 0.4) is 0 Å². The number of aromatic hydroxyl groups is 1. The normalized spacial score (nSPS) is 10.7. The fourth-order valence-corrected chi connectivity index (χ4v) is 2.24. The van der Waals surface area contributed by atoms with Crippen molar-refractivity contribution in [3.63, 3.8) is 0 Å². The van der Waals surface area contributed by atoms with E-state index in [0.29, 0.717) is 28.0 Å². The smallest absolute Gasteiger partial charge is 0.294 e. The number of nitrogens with one attached hydrogen (secondary N) is 1. The maximum Gasteiger partial charge on any atom is 0.294 e. The second kappa shape index (κ2) is 5.82. The quantitative estimate of drug-likeness (QED) is 0.414. The van der Waals surface area contributed by atoms with E-state index in [4.69, 9.17) is 4.42 Å². The van der Waals surface area contributed by atoms with Crippen molar-refractivity contribution < 1.29 is 53.6 Å². The Bertz CT molecular complexity index is 1020. The van der Waals surface area contributed by atoms with Crippen molar-refractivity contribution in [3.8, 4) is 17.1 Å². The van der Waals surface area contributed by atoms with Crippen LogP contribution in [0.25, 0.3) is 33.6 Å². The van der Waals surface area contributed by atoms with Crippen LogP contribution in [0.5, 0.6) is 5.75 Å². The summed E-state index contributed by atoms with van der Waals surface area (Å²) < 4.78 is 5.44. The largest absolute Gasteiger partial charge is 0.508 e. The van der Waals surface area contributed by atoms with Crippen LogP contribution in [-0.4, -0.2) is 20.1 Å². The second-order valence-corrected chi connectivity index (χ2v) is 4.60. The molecule has 4 aromatic rings. The molecule has 0 aliphatic heterocycles. The maximum atomic E-state index is 12.1. The van der Waals surface area contributed by atoms with E-state index in [0.717, 1.165) is 0 Å². The summed E-state index contributed by atoms with van der Waals surface area (Å²) in [5.74, 6) is 0.569. The molecule has 0 bridgehead atoms. The minimum atomic E-state index is -0.360. The zero-order valence-electron chi connectivity index (χ0n) is 11.3. The minimum absolute atomic E-state index is 0. The summed E-state index contributed by atoms with van der Waals surface area (Å²) in [7, 11) is 0. The van der Waals surface area contributed by atoms with Gasteiger partial charge in [-0.05, 0) is 36.4 Å². The SMILES string of the molecule is O=c1[nH]c(-c2ccc(O)cc2)nc2c1oc1ncccc12.[Ac]. The molecule has 0 fully saturated rings. The number of aromatic nitrogens is 3. The van der Waals surface area contributed by atoms with Gasteiger partial charge in [-0.3, -0.25) is 4.79 Å². The number of benzene rings is 1. The van der Waals surface area contributed by atoms with E-state index in [1.54, 1.807) is 30.5 Å². The van der Waals surface area contributed by atoms with E-state index in [1.807, 2.05) is 0 Å². The van der Waals surface area contributed by atoms with Gasteiger partial charge < -0.3 is 14.5 Å². The third-order valence-electron chi connectivity index (χ3n) is 3.24. The number of hydrogen-bond donors (Lipinski definition) is 2. The molecule has 0 aliphatic rings. The number of phenolic OH excluding ortho intramolecular Hbond substituents is 1. The van der Waals surface area contributed by atoms with Gasteiger partial charge in [0.25, 0.3) is 5.56 Å². The molecule has 0 aliphatic carbocycles. The monoisotopic (exact) mass is 506 g/mol. The van der Waals surface area contributed by atoms with Gasteiger partial charge in [0, 0.05) is 55.8 Å². The molecule has 0 amide bonds. The summed E-state index contributed by atoms with van der Waals surface area (Å²) in [5.41, 5.74) is 1.36. The summed E-state index contributed by atoms with van der Waals surface area (Å²) in [5, 5.41) is 10.0. The molecule has 6 nitrogen and oxygen atoms in total. The van der Waals surface area contributed by atoms with Crippen LogP contribution in [0, 0.1) is 44.1 Å². The van der Waals surface area contributed by atoms with E-state index in [9.17, 15) is 9.90 Å². The van der Waals surface area contributed by atoms with Crippen LogP contribution in [0.2, 0.25) is 0 Å². The molecule has 1 aromatic carbocycles. The van der Waals surface area contributed by atoms with Crippen LogP contribution < -0.4 is 5.56 Å². The van der Waals surface area contributed by atoms with E-state index < -0.39 is 0 Å². The summed E-state index contributed by atoms with van der Waals surface area (Å²) in [6.45, 7) is 0. The first-order valence-corrected chi connectivity index (χ1v) is 6.29. The van der Waals surface area contributed by atoms with E-state index in [1.165, 1.54) is 12.1 Å². The van der Waals surface area contributed by atoms with Gasteiger partial charge in [-0.1, -0.05) is 0 Å². The molecule has 3 heterocycles. The van der Waals surface area contributed by atoms with E-state index in [-0.39, 0.29) is 61.0 Å². The topological polar surface area (TPSA) is 92.0 Å². The Morgan fingerprint density at radius 3 is 2.68 bits per heavy atom. The zero-order chi connectivity index (χ0) is 14.4. The zero-order valence-corrected chi connectivity index (χ0v) is 16.0. The van der Waals surface area contributed by atoms with Gasteiger partial charge in [-0.25, -0.2) is 9.97 Å². The summed E-state index contributed by atoms with van der Waals surface area (Å²) in [6.07, 6.45) is 1.60. The molecule has 3 aromatic heterocycles. The average Bonchev–Trinajstić information content (AvgIpc) is 2.87. The predicted octanol–water partition coefficient (Wildman–Crippen LogP) is 2.44. The van der Waals surface area contributed by atoms with Crippen LogP contribution in [-0.2, 0) is 0 Å². The molecule has 0 unspecified atom stereocenters. The first-order chi connectivity index (χ1) is 10.2. The number of rotatable bonds is 1. The Kier molecular flexibility index (Phi) is 4.02. The van der Waals surface area contributed by atoms with Crippen molar-refractivity contribution in [2.45, 2.75) is 0 Å². The molecule has 22 heavy (non-hydrogen) atoms. The van der Waals surface area contributed by atoms with Gasteiger partial charge in [0.2, 0.25) is 11.3 Å². The fraction of sp³-hybridized carbons (Fsp3) is 0. The summed E-state index contributed by atoms with van der Waals surface area (Å²) in [6, 6.07) is 10.0. The molecule has 0 saturated heterocycles. The third-order valence-corrected chi connectivity index (χ3v) is 3.24. The van der Waals surface area contributed by atoms with Gasteiger partial charge in [-0.15, -0.1) is 0 Å². The Morgan fingerprint density at radius 2 is 1.91 bits per heavy atom. The molecule has 7 heteroatoms. The molecular formula is C15H9AcN3O3. The Hall–Kier alpha value is -1.71. The predicted molar refractivity (Wildman–Crippen MR) is 77.0 cm³/mol. The second-order valence-electron chi connectivity index (χ2n) is 4.60. The van der Waals surface area contributed by atoms with Gasteiger partial charge in [-0.2, -0.15) is 0 Å². The van der Waals surface area contributed by atoms with Gasteiger partial charge in [0.15, 0.2) is 0 Å².